The van der Waals surface area contributed by atoms with Crippen LogP contribution in [-0.2, 0) is 9.53 Å². The highest BCUT2D eigenvalue weighted by atomic mass is 35.5. The summed E-state index contributed by atoms with van der Waals surface area (Å²) in [7, 11) is 0. The Hall–Kier alpha value is -1.90. The molecule has 5 nitrogen and oxygen atoms in total. The molecule has 7 heteroatoms. The smallest absolute Gasteiger partial charge is 0.407 e. The van der Waals surface area contributed by atoms with E-state index in [1.807, 2.05) is 0 Å². The highest BCUT2D eigenvalue weighted by Gasteiger charge is 2.24. The summed E-state index contributed by atoms with van der Waals surface area (Å²) in [5.74, 6) is 5.23. The van der Waals surface area contributed by atoms with Gasteiger partial charge in [-0.1, -0.05) is 17.7 Å². The van der Waals surface area contributed by atoms with Crippen LogP contribution in [-0.4, -0.2) is 36.1 Å². The first-order chi connectivity index (χ1) is 12.2. The SMILES string of the molecule is CC#CCC(CN(C(=O)CCl)c1cccc(Cl)c1)NC(=O)OC(C)(C)C. The average Bonchev–Trinajstić information content (AvgIpc) is 2.54. The zero-order valence-corrected chi connectivity index (χ0v) is 16.9. The Balaban J connectivity index is 3.00. The van der Waals surface area contributed by atoms with Crippen molar-refractivity contribution in [2.24, 2.45) is 0 Å². The second-order valence-electron chi connectivity index (χ2n) is 6.59. The molecule has 0 saturated heterocycles. The third-order valence-corrected chi connectivity index (χ3v) is 3.65. The van der Waals surface area contributed by atoms with E-state index in [1.54, 1.807) is 52.0 Å². The van der Waals surface area contributed by atoms with Crippen LogP contribution in [0.5, 0.6) is 0 Å². The summed E-state index contributed by atoms with van der Waals surface area (Å²) in [6, 6.07) is 6.46. The van der Waals surface area contributed by atoms with Gasteiger partial charge < -0.3 is 15.0 Å². The first-order valence-electron chi connectivity index (χ1n) is 8.17. The van der Waals surface area contributed by atoms with Gasteiger partial charge in [0.25, 0.3) is 0 Å². The van der Waals surface area contributed by atoms with Crippen LogP contribution in [0, 0.1) is 11.8 Å². The van der Waals surface area contributed by atoms with E-state index in [4.69, 9.17) is 27.9 Å². The lowest BCUT2D eigenvalue weighted by atomic mass is 10.1. The quantitative estimate of drug-likeness (QED) is 0.576. The molecule has 0 aromatic heterocycles. The molecule has 0 heterocycles. The van der Waals surface area contributed by atoms with Crippen LogP contribution >= 0.6 is 23.2 Å². The molecule has 1 N–H and O–H groups in total. The van der Waals surface area contributed by atoms with E-state index in [2.05, 4.69) is 17.2 Å². The van der Waals surface area contributed by atoms with Crippen molar-refractivity contribution in [1.29, 1.82) is 0 Å². The number of hydrogen-bond acceptors (Lipinski definition) is 3. The number of rotatable bonds is 6. The largest absolute Gasteiger partial charge is 0.444 e. The summed E-state index contributed by atoms with van der Waals surface area (Å²) in [4.78, 5) is 25.9. The van der Waals surface area contributed by atoms with Crippen LogP contribution in [0.4, 0.5) is 10.5 Å². The molecule has 1 aromatic rings. The third kappa shape index (κ3) is 7.99. The summed E-state index contributed by atoms with van der Waals surface area (Å²) in [5, 5.41) is 3.27. The van der Waals surface area contributed by atoms with Gasteiger partial charge in [0.15, 0.2) is 0 Å². The topological polar surface area (TPSA) is 58.6 Å². The second-order valence-corrected chi connectivity index (χ2v) is 7.30. The van der Waals surface area contributed by atoms with E-state index >= 15 is 0 Å². The number of nitrogens with zero attached hydrogens (tertiary/aromatic N) is 1. The number of ether oxygens (including phenoxy) is 1. The highest BCUT2D eigenvalue weighted by molar-refractivity contribution is 6.31. The van der Waals surface area contributed by atoms with Gasteiger partial charge in [-0.15, -0.1) is 23.4 Å². The maximum absolute atomic E-state index is 12.3. The van der Waals surface area contributed by atoms with Gasteiger partial charge in [-0.05, 0) is 45.9 Å². The number of amides is 2. The van der Waals surface area contributed by atoms with E-state index in [-0.39, 0.29) is 18.3 Å². The van der Waals surface area contributed by atoms with Gasteiger partial charge in [0, 0.05) is 23.7 Å². The molecule has 0 saturated carbocycles. The van der Waals surface area contributed by atoms with E-state index in [9.17, 15) is 9.59 Å². The lowest BCUT2D eigenvalue weighted by molar-refractivity contribution is -0.116. The minimum atomic E-state index is -0.621. The molecule has 0 fully saturated rings. The molecule has 0 aliphatic carbocycles. The number of hydrogen-bond donors (Lipinski definition) is 1. The average molecular weight is 399 g/mol. The van der Waals surface area contributed by atoms with E-state index < -0.39 is 17.7 Å². The standard InChI is InChI=1S/C19H24Cl2N2O3/c1-5-6-9-15(22-18(25)26-19(2,3)4)13-23(17(24)12-20)16-10-7-8-14(21)11-16/h7-8,10-11,15H,9,12-13H2,1-4H3,(H,22,25). The molecule has 0 radical (unpaired) electrons. The Morgan fingerprint density at radius 1 is 1.35 bits per heavy atom. The van der Waals surface area contributed by atoms with Crippen LogP contribution < -0.4 is 10.2 Å². The van der Waals surface area contributed by atoms with E-state index in [0.717, 1.165) is 0 Å². The Morgan fingerprint density at radius 2 is 2.04 bits per heavy atom. The third-order valence-electron chi connectivity index (χ3n) is 3.18. The van der Waals surface area contributed by atoms with Crippen LogP contribution in [0.3, 0.4) is 0 Å². The van der Waals surface area contributed by atoms with Crippen LogP contribution in [0.15, 0.2) is 24.3 Å². The fourth-order valence-electron chi connectivity index (χ4n) is 2.15. The lowest BCUT2D eigenvalue weighted by Crippen LogP contribution is -2.47. The molecule has 26 heavy (non-hydrogen) atoms. The van der Waals surface area contributed by atoms with Crippen molar-refractivity contribution >= 4 is 40.9 Å². The van der Waals surface area contributed by atoms with Gasteiger partial charge in [0.2, 0.25) is 5.91 Å². The fraction of sp³-hybridized carbons (Fsp3) is 0.474. The molecule has 0 aliphatic heterocycles. The number of carbonyl (C=O) groups excluding carboxylic acids is 2. The van der Waals surface area contributed by atoms with E-state index in [1.165, 1.54) is 4.90 Å². The maximum atomic E-state index is 12.3. The number of alkyl halides is 1. The number of anilines is 1. The number of carbonyl (C=O) groups is 2. The number of nitrogens with one attached hydrogen (secondary N) is 1. The molecule has 142 valence electrons. The van der Waals surface area contributed by atoms with Gasteiger partial charge in [-0.25, -0.2) is 4.79 Å². The predicted molar refractivity (Wildman–Crippen MR) is 106 cm³/mol. The fourth-order valence-corrected chi connectivity index (χ4v) is 2.48. The highest BCUT2D eigenvalue weighted by Crippen LogP contribution is 2.21. The van der Waals surface area contributed by atoms with Gasteiger partial charge in [0.1, 0.15) is 11.5 Å². The molecule has 1 atom stereocenters. The zero-order valence-electron chi connectivity index (χ0n) is 15.4. The predicted octanol–water partition coefficient (Wildman–Crippen LogP) is 4.22. The second kappa shape index (κ2) is 10.3. The monoisotopic (exact) mass is 398 g/mol. The molecular formula is C19H24Cl2N2O3. The summed E-state index contributed by atoms with van der Waals surface area (Å²) in [6.07, 6.45) is -0.202. The normalized spacial score (nSPS) is 11.8. The van der Waals surface area contributed by atoms with Crippen molar-refractivity contribution < 1.29 is 14.3 Å². The summed E-state index contributed by atoms with van der Waals surface area (Å²) in [5.41, 5.74) is -0.0208. The van der Waals surface area contributed by atoms with Crippen molar-refractivity contribution in [3.05, 3.63) is 29.3 Å². The summed E-state index contributed by atoms with van der Waals surface area (Å²) >= 11 is 11.8. The number of benzene rings is 1. The first kappa shape index (κ1) is 22.1. The first-order valence-corrected chi connectivity index (χ1v) is 9.08. The van der Waals surface area contributed by atoms with Gasteiger partial charge in [0.05, 0.1) is 6.04 Å². The van der Waals surface area contributed by atoms with Crippen molar-refractivity contribution in [3.63, 3.8) is 0 Å². The van der Waals surface area contributed by atoms with Crippen LogP contribution in [0.25, 0.3) is 0 Å². The lowest BCUT2D eigenvalue weighted by Gasteiger charge is -2.28. The van der Waals surface area contributed by atoms with Crippen molar-refractivity contribution in [3.8, 4) is 11.8 Å². The number of alkyl carbamates (subject to hydrolysis) is 1. The summed E-state index contributed by atoms with van der Waals surface area (Å²) in [6.45, 7) is 7.25. The van der Waals surface area contributed by atoms with Crippen molar-refractivity contribution in [2.75, 3.05) is 17.3 Å². The van der Waals surface area contributed by atoms with Gasteiger partial charge >= 0.3 is 6.09 Å². The van der Waals surface area contributed by atoms with Crippen molar-refractivity contribution in [1.82, 2.24) is 5.32 Å². The maximum Gasteiger partial charge on any atom is 0.407 e. The molecular weight excluding hydrogens is 375 g/mol. The Morgan fingerprint density at radius 3 is 2.58 bits per heavy atom. The Kier molecular flexibility index (Phi) is 8.77. The number of halogens is 2. The molecule has 0 aliphatic rings. The summed E-state index contributed by atoms with van der Waals surface area (Å²) < 4.78 is 5.29. The molecule has 0 spiro atoms. The molecule has 0 bridgehead atoms. The minimum Gasteiger partial charge on any atom is -0.444 e. The Labute approximate surface area is 165 Å². The van der Waals surface area contributed by atoms with Gasteiger partial charge in [-0.2, -0.15) is 0 Å². The van der Waals surface area contributed by atoms with E-state index in [0.29, 0.717) is 17.1 Å². The van der Waals surface area contributed by atoms with Crippen LogP contribution in [0.1, 0.15) is 34.1 Å². The Bertz CT molecular complexity index is 690. The zero-order chi connectivity index (χ0) is 19.7. The molecule has 2 amide bonds. The molecule has 1 unspecified atom stereocenters. The molecule has 1 rings (SSSR count). The van der Waals surface area contributed by atoms with Gasteiger partial charge in [-0.3, -0.25) is 4.79 Å². The minimum absolute atomic E-state index is 0.189. The van der Waals surface area contributed by atoms with Crippen molar-refractivity contribution in [2.45, 2.75) is 45.8 Å². The van der Waals surface area contributed by atoms with Crippen LogP contribution in [0.2, 0.25) is 5.02 Å². The molecule has 1 aromatic carbocycles.